The molecule has 1 fully saturated rings. The first-order chi connectivity index (χ1) is 9.79. The van der Waals surface area contributed by atoms with E-state index in [0.717, 1.165) is 58.2 Å². The van der Waals surface area contributed by atoms with Gasteiger partial charge in [-0.2, -0.15) is 0 Å². The van der Waals surface area contributed by atoms with Crippen molar-refractivity contribution in [2.24, 2.45) is 0 Å². The maximum atomic E-state index is 5.84. The van der Waals surface area contributed by atoms with E-state index >= 15 is 0 Å². The minimum absolute atomic E-state index is 0.737. The van der Waals surface area contributed by atoms with Gasteiger partial charge in [-0.3, -0.25) is 4.90 Å². The summed E-state index contributed by atoms with van der Waals surface area (Å²) in [5.74, 6) is 0.956. The fourth-order valence-electron chi connectivity index (χ4n) is 2.30. The number of benzene rings is 1. The Labute approximate surface area is 122 Å². The predicted molar refractivity (Wildman–Crippen MR) is 82.7 cm³/mol. The van der Waals surface area contributed by atoms with Crippen LogP contribution in [0.5, 0.6) is 5.75 Å². The average molecular weight is 278 g/mol. The van der Waals surface area contributed by atoms with Gasteiger partial charge in [0, 0.05) is 31.9 Å². The molecule has 20 heavy (non-hydrogen) atoms. The third-order valence-corrected chi connectivity index (χ3v) is 3.54. The molecule has 1 aliphatic heterocycles. The van der Waals surface area contributed by atoms with E-state index < -0.39 is 0 Å². The molecular formula is C16H26N2O2. The second-order valence-corrected chi connectivity index (χ2v) is 5.21. The molecule has 0 aromatic heterocycles. The molecule has 1 saturated heterocycles. The van der Waals surface area contributed by atoms with Crippen molar-refractivity contribution in [3.8, 4) is 5.75 Å². The molecule has 0 radical (unpaired) electrons. The molecular weight excluding hydrogens is 252 g/mol. The molecule has 0 amide bonds. The largest absolute Gasteiger partial charge is 0.492 e. The van der Waals surface area contributed by atoms with Gasteiger partial charge in [0.15, 0.2) is 0 Å². The number of morpholine rings is 1. The van der Waals surface area contributed by atoms with Crippen LogP contribution in [0.15, 0.2) is 18.2 Å². The summed E-state index contributed by atoms with van der Waals surface area (Å²) >= 11 is 0. The molecule has 0 bridgehead atoms. The van der Waals surface area contributed by atoms with Crippen molar-refractivity contribution >= 4 is 5.69 Å². The maximum absolute atomic E-state index is 5.84. The van der Waals surface area contributed by atoms with Gasteiger partial charge in [0.2, 0.25) is 0 Å². The number of ether oxygens (including phenoxy) is 2. The van der Waals surface area contributed by atoms with Crippen LogP contribution in [0.25, 0.3) is 0 Å². The van der Waals surface area contributed by atoms with Crippen molar-refractivity contribution in [3.63, 3.8) is 0 Å². The Kier molecular flexibility index (Phi) is 6.15. The van der Waals surface area contributed by atoms with Gasteiger partial charge in [-0.25, -0.2) is 0 Å². The maximum Gasteiger partial charge on any atom is 0.119 e. The van der Waals surface area contributed by atoms with Crippen LogP contribution in [0, 0.1) is 6.92 Å². The Balaban J connectivity index is 1.76. The van der Waals surface area contributed by atoms with Crippen LogP contribution in [0.4, 0.5) is 5.69 Å². The minimum atomic E-state index is 0.737. The second-order valence-electron chi connectivity index (χ2n) is 5.21. The number of hydrogen-bond acceptors (Lipinski definition) is 4. The van der Waals surface area contributed by atoms with Crippen LogP contribution >= 0.6 is 0 Å². The van der Waals surface area contributed by atoms with Crippen molar-refractivity contribution in [3.05, 3.63) is 23.8 Å². The third-order valence-electron chi connectivity index (χ3n) is 3.54. The molecule has 4 nitrogen and oxygen atoms in total. The summed E-state index contributed by atoms with van der Waals surface area (Å²) < 4.78 is 11.2. The summed E-state index contributed by atoms with van der Waals surface area (Å²) in [5, 5.41) is 3.42. The van der Waals surface area contributed by atoms with Crippen LogP contribution < -0.4 is 10.1 Å². The van der Waals surface area contributed by atoms with Crippen molar-refractivity contribution in [2.45, 2.75) is 20.3 Å². The monoisotopic (exact) mass is 278 g/mol. The number of hydrogen-bond donors (Lipinski definition) is 1. The van der Waals surface area contributed by atoms with Gasteiger partial charge in [0.05, 0.1) is 13.2 Å². The highest BCUT2D eigenvalue weighted by atomic mass is 16.5. The zero-order valence-corrected chi connectivity index (χ0v) is 12.7. The predicted octanol–water partition coefficient (Wildman–Crippen LogP) is 2.53. The van der Waals surface area contributed by atoms with Crippen LogP contribution in [0.1, 0.15) is 18.9 Å². The van der Waals surface area contributed by atoms with Gasteiger partial charge in [0.1, 0.15) is 12.4 Å². The van der Waals surface area contributed by atoms with Gasteiger partial charge in [-0.15, -0.1) is 0 Å². The first-order valence-corrected chi connectivity index (χ1v) is 7.57. The fourth-order valence-corrected chi connectivity index (χ4v) is 2.30. The molecule has 1 N–H and O–H groups in total. The van der Waals surface area contributed by atoms with Gasteiger partial charge >= 0.3 is 0 Å². The van der Waals surface area contributed by atoms with Crippen LogP contribution in [0.2, 0.25) is 0 Å². The molecule has 112 valence electrons. The summed E-state index contributed by atoms with van der Waals surface area (Å²) in [6.45, 7) is 10.7. The zero-order valence-electron chi connectivity index (χ0n) is 12.7. The first kappa shape index (κ1) is 15.1. The fraction of sp³-hybridized carbons (Fsp3) is 0.625. The average Bonchev–Trinajstić information content (AvgIpc) is 2.47. The summed E-state index contributed by atoms with van der Waals surface area (Å²) in [4.78, 5) is 2.38. The lowest BCUT2D eigenvalue weighted by molar-refractivity contribution is 0.0322. The lowest BCUT2D eigenvalue weighted by Gasteiger charge is -2.26. The lowest BCUT2D eigenvalue weighted by Crippen LogP contribution is -2.38. The highest BCUT2D eigenvalue weighted by Crippen LogP contribution is 2.21. The normalized spacial score (nSPS) is 16.1. The van der Waals surface area contributed by atoms with Crippen LogP contribution in [-0.4, -0.2) is 50.9 Å². The first-order valence-electron chi connectivity index (χ1n) is 7.57. The Morgan fingerprint density at radius 2 is 2.10 bits per heavy atom. The summed E-state index contributed by atoms with van der Waals surface area (Å²) in [5.41, 5.74) is 2.44. The molecule has 2 rings (SSSR count). The molecule has 0 unspecified atom stereocenters. The summed E-state index contributed by atoms with van der Waals surface area (Å²) in [6.07, 6.45) is 1.14. The van der Waals surface area contributed by atoms with Gasteiger partial charge in [0.25, 0.3) is 0 Å². The van der Waals surface area contributed by atoms with Gasteiger partial charge in [-0.1, -0.05) is 6.92 Å². The van der Waals surface area contributed by atoms with Gasteiger partial charge < -0.3 is 14.8 Å². The Morgan fingerprint density at radius 3 is 2.80 bits per heavy atom. The number of anilines is 1. The molecule has 0 saturated carbocycles. The quantitative estimate of drug-likeness (QED) is 0.831. The zero-order chi connectivity index (χ0) is 14.2. The van der Waals surface area contributed by atoms with Crippen molar-refractivity contribution in [1.29, 1.82) is 0 Å². The Hall–Kier alpha value is -1.26. The molecule has 1 aromatic carbocycles. The number of nitrogens with zero attached hydrogens (tertiary/aromatic N) is 1. The molecule has 1 aliphatic rings. The molecule has 1 aromatic rings. The molecule has 0 atom stereocenters. The number of aryl methyl sites for hydroxylation is 1. The van der Waals surface area contributed by atoms with E-state index in [1.807, 2.05) is 6.07 Å². The highest BCUT2D eigenvalue weighted by molar-refractivity contribution is 5.53. The molecule has 1 heterocycles. The second kappa shape index (κ2) is 8.12. The van der Waals surface area contributed by atoms with Crippen LogP contribution in [0.3, 0.4) is 0 Å². The van der Waals surface area contributed by atoms with Crippen molar-refractivity contribution < 1.29 is 9.47 Å². The summed E-state index contributed by atoms with van der Waals surface area (Å²) in [7, 11) is 0. The SMILES string of the molecule is CCCNc1ccc(OCCN2CCOCC2)cc1C. The summed E-state index contributed by atoms with van der Waals surface area (Å²) in [6, 6.07) is 6.26. The molecule has 0 aliphatic carbocycles. The standard InChI is InChI=1S/C16H26N2O2/c1-3-6-17-16-5-4-15(13-14(16)2)20-12-9-18-7-10-19-11-8-18/h4-5,13,17H,3,6-12H2,1-2H3. The topological polar surface area (TPSA) is 33.7 Å². The van der Waals surface area contributed by atoms with Crippen LogP contribution in [-0.2, 0) is 4.74 Å². The van der Waals surface area contributed by atoms with Crippen molar-refractivity contribution in [1.82, 2.24) is 4.90 Å². The number of nitrogens with one attached hydrogen (secondary N) is 1. The lowest BCUT2D eigenvalue weighted by atomic mass is 10.2. The Morgan fingerprint density at radius 1 is 1.30 bits per heavy atom. The van der Waals surface area contributed by atoms with E-state index in [-0.39, 0.29) is 0 Å². The van der Waals surface area contributed by atoms with E-state index in [1.165, 1.54) is 11.3 Å². The third kappa shape index (κ3) is 4.69. The van der Waals surface area contributed by atoms with E-state index in [0.29, 0.717) is 0 Å². The van der Waals surface area contributed by atoms with E-state index in [1.54, 1.807) is 0 Å². The number of rotatable bonds is 7. The minimum Gasteiger partial charge on any atom is -0.492 e. The van der Waals surface area contributed by atoms with E-state index in [4.69, 9.17) is 9.47 Å². The van der Waals surface area contributed by atoms with Crippen molar-refractivity contribution in [2.75, 3.05) is 51.3 Å². The highest BCUT2D eigenvalue weighted by Gasteiger charge is 2.09. The molecule has 0 spiro atoms. The smallest absolute Gasteiger partial charge is 0.119 e. The van der Waals surface area contributed by atoms with Gasteiger partial charge in [-0.05, 0) is 37.1 Å². The Bertz CT molecular complexity index is 403. The van der Waals surface area contributed by atoms with E-state index in [2.05, 4.69) is 36.2 Å². The molecule has 4 heteroatoms. The van der Waals surface area contributed by atoms with E-state index in [9.17, 15) is 0 Å².